The molecule has 0 fully saturated rings. The summed E-state index contributed by atoms with van der Waals surface area (Å²) in [5, 5.41) is 8.62. The Morgan fingerprint density at radius 3 is 2.37 bits per heavy atom. The molecule has 0 atom stereocenters. The van der Waals surface area contributed by atoms with Gasteiger partial charge in [0.15, 0.2) is 6.61 Å². The highest BCUT2D eigenvalue weighted by molar-refractivity contribution is 5.96. The molecule has 2 aromatic carbocycles. The summed E-state index contributed by atoms with van der Waals surface area (Å²) in [5.41, 5.74) is 1.38. The fraction of sp³-hybridized carbons (Fsp3) is 0.300. The van der Waals surface area contributed by atoms with Crippen LogP contribution < -0.4 is 9.47 Å². The van der Waals surface area contributed by atoms with Gasteiger partial charge in [0.25, 0.3) is 5.91 Å². The molecular weight excluding hydrogens is 350 g/mol. The van der Waals surface area contributed by atoms with Crippen LogP contribution in [0.4, 0.5) is 0 Å². The molecule has 0 unspecified atom stereocenters. The van der Waals surface area contributed by atoms with Crippen LogP contribution in [0.1, 0.15) is 15.9 Å². The van der Waals surface area contributed by atoms with E-state index >= 15 is 0 Å². The average molecular weight is 373 g/mol. The Morgan fingerprint density at radius 2 is 1.70 bits per heavy atom. The molecule has 0 aliphatic heterocycles. The van der Waals surface area contributed by atoms with Crippen LogP contribution in [0.25, 0.3) is 0 Å². The van der Waals surface area contributed by atoms with E-state index in [4.69, 9.17) is 19.3 Å². The largest absolute Gasteiger partial charge is 0.490 e. The maximum absolute atomic E-state index is 12.8. The van der Waals surface area contributed by atoms with E-state index in [-0.39, 0.29) is 5.91 Å². The van der Waals surface area contributed by atoms with Gasteiger partial charge in [-0.15, -0.1) is 0 Å². The number of carbonyl (C=O) groups is 2. The zero-order valence-corrected chi connectivity index (χ0v) is 15.4. The van der Waals surface area contributed by atoms with Gasteiger partial charge in [0.2, 0.25) is 0 Å². The molecule has 0 radical (unpaired) electrons. The van der Waals surface area contributed by atoms with E-state index in [1.807, 2.05) is 6.07 Å². The van der Waals surface area contributed by atoms with Gasteiger partial charge >= 0.3 is 5.97 Å². The summed E-state index contributed by atoms with van der Waals surface area (Å²) < 4.78 is 15.7. The van der Waals surface area contributed by atoms with Crippen molar-refractivity contribution >= 4 is 11.9 Å². The summed E-state index contributed by atoms with van der Waals surface area (Å²) >= 11 is 0. The summed E-state index contributed by atoms with van der Waals surface area (Å²) in [6, 6.07) is 14.0. The number of para-hydroxylation sites is 1. The molecule has 2 rings (SSSR count). The monoisotopic (exact) mass is 373 g/mol. The van der Waals surface area contributed by atoms with Crippen LogP contribution in [0, 0.1) is 0 Å². The van der Waals surface area contributed by atoms with Crippen LogP contribution in [0.3, 0.4) is 0 Å². The van der Waals surface area contributed by atoms with E-state index in [9.17, 15) is 9.59 Å². The van der Waals surface area contributed by atoms with Crippen LogP contribution in [-0.2, 0) is 16.1 Å². The van der Waals surface area contributed by atoms with Crippen molar-refractivity contribution in [3.05, 3.63) is 59.7 Å². The first-order valence-corrected chi connectivity index (χ1v) is 8.41. The number of methoxy groups -OCH3 is 1. The third-order valence-corrected chi connectivity index (χ3v) is 3.71. The number of rotatable bonds is 10. The minimum absolute atomic E-state index is 0.158. The van der Waals surface area contributed by atoms with Gasteiger partial charge in [-0.25, -0.2) is 4.79 Å². The topological polar surface area (TPSA) is 85.3 Å². The number of nitrogens with zero attached hydrogens (tertiary/aromatic N) is 1. The maximum Gasteiger partial charge on any atom is 0.341 e. The van der Waals surface area contributed by atoms with Crippen molar-refractivity contribution in [2.45, 2.75) is 6.54 Å². The summed E-state index contributed by atoms with van der Waals surface area (Å²) in [7, 11) is 3.30. The predicted octanol–water partition coefficient (Wildman–Crippen LogP) is 2.45. The fourth-order valence-corrected chi connectivity index (χ4v) is 2.39. The van der Waals surface area contributed by atoms with Gasteiger partial charge in [-0.3, -0.25) is 4.79 Å². The summed E-state index contributed by atoms with van der Waals surface area (Å²) in [4.78, 5) is 24.9. The summed E-state index contributed by atoms with van der Waals surface area (Å²) in [5.74, 6) is -0.208. The summed E-state index contributed by atoms with van der Waals surface area (Å²) in [6.07, 6.45) is 0. The van der Waals surface area contributed by atoms with Gasteiger partial charge in [-0.2, -0.15) is 0 Å². The Hall–Kier alpha value is -3.06. The van der Waals surface area contributed by atoms with Crippen LogP contribution in [-0.4, -0.2) is 55.9 Å². The smallest absolute Gasteiger partial charge is 0.341 e. The molecule has 0 aromatic heterocycles. The molecule has 0 heterocycles. The van der Waals surface area contributed by atoms with Crippen molar-refractivity contribution in [3.63, 3.8) is 0 Å². The highest BCUT2D eigenvalue weighted by Gasteiger charge is 2.17. The van der Waals surface area contributed by atoms with Gasteiger partial charge in [0.05, 0.1) is 12.2 Å². The van der Waals surface area contributed by atoms with E-state index in [1.165, 1.54) is 0 Å². The van der Waals surface area contributed by atoms with Crippen molar-refractivity contribution in [1.29, 1.82) is 0 Å². The standard InChI is InChI=1S/C20H23NO6/c1-21(13-15-7-9-16(10-8-15)27-14-19(22)23)20(24)17-5-3-4-6-18(17)26-12-11-25-2/h3-10H,11-14H2,1-2H3,(H,22,23). The van der Waals surface area contributed by atoms with Crippen molar-refractivity contribution in [2.24, 2.45) is 0 Å². The maximum atomic E-state index is 12.8. The highest BCUT2D eigenvalue weighted by Crippen LogP contribution is 2.21. The number of carboxylic acid groups (broad SMARTS) is 1. The number of hydrogen-bond acceptors (Lipinski definition) is 5. The Morgan fingerprint density at radius 1 is 1.00 bits per heavy atom. The molecule has 7 nitrogen and oxygen atoms in total. The van der Waals surface area contributed by atoms with Crippen molar-refractivity contribution in [3.8, 4) is 11.5 Å². The summed E-state index contributed by atoms with van der Waals surface area (Å²) in [6.45, 7) is 0.805. The van der Waals surface area contributed by atoms with Crippen LogP contribution >= 0.6 is 0 Å². The Balaban J connectivity index is 2.00. The normalized spacial score (nSPS) is 10.3. The van der Waals surface area contributed by atoms with E-state index in [0.717, 1.165) is 5.56 Å². The van der Waals surface area contributed by atoms with Gasteiger partial charge in [-0.05, 0) is 29.8 Å². The molecule has 2 aromatic rings. The third-order valence-electron chi connectivity index (χ3n) is 3.71. The Kier molecular flexibility index (Phi) is 7.63. The number of ether oxygens (including phenoxy) is 3. The van der Waals surface area contributed by atoms with Gasteiger partial charge in [-0.1, -0.05) is 24.3 Å². The highest BCUT2D eigenvalue weighted by atomic mass is 16.5. The second kappa shape index (κ2) is 10.2. The molecule has 1 amide bonds. The van der Waals surface area contributed by atoms with Gasteiger partial charge < -0.3 is 24.2 Å². The van der Waals surface area contributed by atoms with Crippen LogP contribution in [0.5, 0.6) is 11.5 Å². The van der Waals surface area contributed by atoms with E-state index < -0.39 is 12.6 Å². The lowest BCUT2D eigenvalue weighted by Crippen LogP contribution is -2.26. The molecule has 7 heteroatoms. The number of carboxylic acids is 1. The van der Waals surface area contributed by atoms with Gasteiger partial charge in [0, 0.05) is 20.7 Å². The molecule has 0 saturated carbocycles. The molecule has 27 heavy (non-hydrogen) atoms. The first kappa shape index (κ1) is 20.3. The second-order valence-corrected chi connectivity index (χ2v) is 5.82. The van der Waals surface area contributed by atoms with E-state index in [2.05, 4.69) is 0 Å². The van der Waals surface area contributed by atoms with Crippen LogP contribution in [0.15, 0.2) is 48.5 Å². The minimum Gasteiger partial charge on any atom is -0.490 e. The minimum atomic E-state index is -1.03. The first-order valence-electron chi connectivity index (χ1n) is 8.41. The molecule has 1 N–H and O–H groups in total. The zero-order chi connectivity index (χ0) is 19.6. The number of amides is 1. The predicted molar refractivity (Wildman–Crippen MR) is 99.2 cm³/mol. The Bertz CT molecular complexity index is 759. The van der Waals surface area contributed by atoms with Crippen molar-refractivity contribution < 1.29 is 28.9 Å². The molecule has 0 aliphatic rings. The lowest BCUT2D eigenvalue weighted by Gasteiger charge is -2.19. The average Bonchev–Trinajstić information content (AvgIpc) is 2.67. The lowest BCUT2D eigenvalue weighted by atomic mass is 10.1. The fourth-order valence-electron chi connectivity index (χ4n) is 2.39. The molecule has 0 aliphatic carbocycles. The zero-order valence-electron chi connectivity index (χ0n) is 15.4. The number of carbonyl (C=O) groups excluding carboxylic acids is 1. The quantitative estimate of drug-likeness (QED) is 0.644. The van der Waals surface area contributed by atoms with Crippen LogP contribution in [0.2, 0.25) is 0 Å². The third kappa shape index (κ3) is 6.31. The lowest BCUT2D eigenvalue weighted by molar-refractivity contribution is -0.139. The molecule has 0 spiro atoms. The van der Waals surface area contributed by atoms with Crippen molar-refractivity contribution in [2.75, 3.05) is 34.0 Å². The van der Waals surface area contributed by atoms with E-state index in [0.29, 0.717) is 36.8 Å². The number of aliphatic carboxylic acids is 1. The Labute approximate surface area is 158 Å². The molecule has 0 saturated heterocycles. The van der Waals surface area contributed by atoms with E-state index in [1.54, 1.807) is 61.5 Å². The number of benzene rings is 2. The van der Waals surface area contributed by atoms with Crippen molar-refractivity contribution in [1.82, 2.24) is 4.90 Å². The second-order valence-electron chi connectivity index (χ2n) is 5.82. The first-order chi connectivity index (χ1) is 13.0. The van der Waals surface area contributed by atoms with Gasteiger partial charge in [0.1, 0.15) is 18.1 Å². The molecule has 144 valence electrons. The SMILES string of the molecule is COCCOc1ccccc1C(=O)N(C)Cc1ccc(OCC(=O)O)cc1. The molecular formula is C20H23NO6. The molecule has 0 bridgehead atoms. The number of hydrogen-bond donors (Lipinski definition) is 1.